The van der Waals surface area contributed by atoms with Crippen molar-refractivity contribution >= 4 is 5.97 Å². The van der Waals surface area contributed by atoms with Crippen LogP contribution >= 0.6 is 0 Å². The van der Waals surface area contributed by atoms with Gasteiger partial charge in [0.25, 0.3) is 0 Å². The molecule has 1 N–H and O–H groups in total. The van der Waals surface area contributed by atoms with Crippen molar-refractivity contribution in [2.75, 3.05) is 27.4 Å². The molecule has 0 aliphatic heterocycles. The van der Waals surface area contributed by atoms with E-state index < -0.39 is 5.54 Å². The van der Waals surface area contributed by atoms with Gasteiger partial charge in [-0.1, -0.05) is 6.92 Å². The highest BCUT2D eigenvalue weighted by Gasteiger charge is 2.38. The molecule has 20 heavy (non-hydrogen) atoms. The van der Waals surface area contributed by atoms with Crippen molar-refractivity contribution in [1.82, 2.24) is 5.32 Å². The average Bonchev–Trinajstić information content (AvgIpc) is 2.46. The first-order valence-corrected chi connectivity index (χ1v) is 6.68. The van der Waals surface area contributed by atoms with E-state index in [0.717, 1.165) is 5.56 Å². The van der Waals surface area contributed by atoms with Crippen LogP contribution in [0.25, 0.3) is 0 Å². The number of nitrogens with one attached hydrogen (secondary N) is 1. The van der Waals surface area contributed by atoms with Gasteiger partial charge < -0.3 is 14.2 Å². The number of hydrogen-bond donors (Lipinski definition) is 1. The van der Waals surface area contributed by atoms with Crippen molar-refractivity contribution in [3.05, 3.63) is 23.8 Å². The lowest BCUT2D eigenvalue weighted by Crippen LogP contribution is -2.47. The van der Waals surface area contributed by atoms with Crippen LogP contribution in [-0.2, 0) is 15.1 Å². The first-order chi connectivity index (χ1) is 9.53. The summed E-state index contributed by atoms with van der Waals surface area (Å²) in [5, 5.41) is 3.18. The van der Waals surface area contributed by atoms with Crippen molar-refractivity contribution in [2.45, 2.75) is 26.3 Å². The number of methoxy groups -OCH3 is 2. The molecule has 5 heteroatoms. The van der Waals surface area contributed by atoms with E-state index in [1.54, 1.807) is 40.2 Å². The summed E-state index contributed by atoms with van der Waals surface area (Å²) < 4.78 is 15.7. The zero-order valence-electron chi connectivity index (χ0n) is 12.8. The normalized spacial score (nSPS) is 13.4. The molecule has 5 nitrogen and oxygen atoms in total. The Labute approximate surface area is 120 Å². The second kappa shape index (κ2) is 7.14. The van der Waals surface area contributed by atoms with Crippen LogP contribution in [0, 0.1) is 0 Å². The van der Waals surface area contributed by atoms with E-state index in [9.17, 15) is 4.79 Å². The van der Waals surface area contributed by atoms with E-state index in [0.29, 0.717) is 24.7 Å². The molecule has 0 fully saturated rings. The molecular formula is C15H23NO4. The minimum absolute atomic E-state index is 0.328. The fraction of sp³-hybridized carbons (Fsp3) is 0.533. The quantitative estimate of drug-likeness (QED) is 0.776. The Morgan fingerprint density at radius 2 is 1.95 bits per heavy atom. The zero-order valence-corrected chi connectivity index (χ0v) is 12.8. The SMILES string of the molecule is CCNC(C)(C(=O)OCC)c1ccc(OC)cc1OC. The summed E-state index contributed by atoms with van der Waals surface area (Å²) in [4.78, 5) is 12.3. The van der Waals surface area contributed by atoms with Gasteiger partial charge in [0, 0.05) is 11.6 Å². The van der Waals surface area contributed by atoms with Gasteiger partial charge in [-0.15, -0.1) is 0 Å². The van der Waals surface area contributed by atoms with Crippen molar-refractivity contribution in [1.29, 1.82) is 0 Å². The Morgan fingerprint density at radius 1 is 1.25 bits per heavy atom. The second-order valence-corrected chi connectivity index (χ2v) is 4.44. The summed E-state index contributed by atoms with van der Waals surface area (Å²) in [6, 6.07) is 5.37. The van der Waals surface area contributed by atoms with Crippen LogP contribution in [0.3, 0.4) is 0 Å². The molecule has 112 valence electrons. The molecular weight excluding hydrogens is 258 g/mol. The highest BCUT2D eigenvalue weighted by molar-refractivity contribution is 5.83. The summed E-state index contributed by atoms with van der Waals surface area (Å²) in [5.41, 5.74) is -0.233. The monoisotopic (exact) mass is 281 g/mol. The lowest BCUT2D eigenvalue weighted by Gasteiger charge is -2.30. The van der Waals surface area contributed by atoms with E-state index in [-0.39, 0.29) is 5.97 Å². The molecule has 0 heterocycles. The summed E-state index contributed by atoms with van der Waals surface area (Å²) >= 11 is 0. The number of carbonyl (C=O) groups is 1. The summed E-state index contributed by atoms with van der Waals surface area (Å²) in [6.07, 6.45) is 0. The molecule has 0 saturated carbocycles. The van der Waals surface area contributed by atoms with E-state index in [1.165, 1.54) is 0 Å². The Morgan fingerprint density at radius 3 is 2.45 bits per heavy atom. The van der Waals surface area contributed by atoms with E-state index in [1.807, 2.05) is 13.0 Å². The average molecular weight is 281 g/mol. The molecule has 0 amide bonds. The molecule has 1 rings (SSSR count). The Balaban J connectivity index is 3.30. The number of rotatable bonds is 7. The largest absolute Gasteiger partial charge is 0.497 e. The summed E-state index contributed by atoms with van der Waals surface area (Å²) in [5.74, 6) is 0.930. The van der Waals surface area contributed by atoms with Crippen LogP contribution in [0.2, 0.25) is 0 Å². The maximum absolute atomic E-state index is 12.3. The van der Waals surface area contributed by atoms with Crippen LogP contribution < -0.4 is 14.8 Å². The van der Waals surface area contributed by atoms with Gasteiger partial charge in [0.1, 0.15) is 17.0 Å². The molecule has 1 unspecified atom stereocenters. The number of likely N-dealkylation sites (N-methyl/N-ethyl adjacent to an activating group) is 1. The van der Waals surface area contributed by atoms with Gasteiger partial charge in [-0.2, -0.15) is 0 Å². The van der Waals surface area contributed by atoms with Crippen molar-refractivity contribution in [3.63, 3.8) is 0 Å². The highest BCUT2D eigenvalue weighted by atomic mass is 16.5. The number of ether oxygens (including phenoxy) is 3. The summed E-state index contributed by atoms with van der Waals surface area (Å²) in [6.45, 7) is 6.48. The highest BCUT2D eigenvalue weighted by Crippen LogP contribution is 2.34. The molecule has 0 spiro atoms. The third-order valence-electron chi connectivity index (χ3n) is 3.16. The van der Waals surface area contributed by atoms with E-state index in [2.05, 4.69) is 5.32 Å². The molecule has 0 aliphatic rings. The van der Waals surface area contributed by atoms with Gasteiger partial charge >= 0.3 is 5.97 Å². The first kappa shape index (κ1) is 16.3. The van der Waals surface area contributed by atoms with Crippen LogP contribution in [0.1, 0.15) is 26.3 Å². The fourth-order valence-corrected chi connectivity index (χ4v) is 2.12. The Hall–Kier alpha value is -1.75. The molecule has 0 radical (unpaired) electrons. The van der Waals surface area contributed by atoms with Gasteiger partial charge in [-0.25, -0.2) is 4.79 Å². The standard InChI is InChI=1S/C15H23NO4/c1-6-16-15(3,14(17)20-7-2)12-9-8-11(18-4)10-13(12)19-5/h8-10,16H,6-7H2,1-5H3. The molecule has 0 bridgehead atoms. The Bertz CT molecular complexity index is 461. The number of esters is 1. The summed E-state index contributed by atoms with van der Waals surface area (Å²) in [7, 11) is 3.15. The lowest BCUT2D eigenvalue weighted by molar-refractivity contribution is -0.151. The number of carbonyl (C=O) groups excluding carboxylic acids is 1. The third-order valence-corrected chi connectivity index (χ3v) is 3.16. The second-order valence-electron chi connectivity index (χ2n) is 4.44. The molecule has 0 aliphatic carbocycles. The van der Waals surface area contributed by atoms with Crippen LogP contribution in [0.4, 0.5) is 0 Å². The topological polar surface area (TPSA) is 56.8 Å². The molecule has 0 aromatic heterocycles. The predicted octanol–water partition coefficient (Wildman–Crippen LogP) is 2.09. The predicted molar refractivity (Wildman–Crippen MR) is 77.2 cm³/mol. The first-order valence-electron chi connectivity index (χ1n) is 6.68. The van der Waals surface area contributed by atoms with Gasteiger partial charge in [0.05, 0.1) is 20.8 Å². The number of benzene rings is 1. The number of hydrogen-bond acceptors (Lipinski definition) is 5. The van der Waals surface area contributed by atoms with Gasteiger partial charge in [-0.05, 0) is 32.5 Å². The lowest BCUT2D eigenvalue weighted by atomic mass is 9.90. The van der Waals surface area contributed by atoms with Crippen molar-refractivity contribution in [2.24, 2.45) is 0 Å². The van der Waals surface area contributed by atoms with Gasteiger partial charge in [-0.3, -0.25) is 5.32 Å². The third kappa shape index (κ3) is 3.22. The fourth-order valence-electron chi connectivity index (χ4n) is 2.12. The smallest absolute Gasteiger partial charge is 0.330 e. The van der Waals surface area contributed by atoms with E-state index in [4.69, 9.17) is 14.2 Å². The van der Waals surface area contributed by atoms with Crippen molar-refractivity contribution < 1.29 is 19.0 Å². The Kier molecular flexibility index (Phi) is 5.82. The maximum Gasteiger partial charge on any atom is 0.330 e. The van der Waals surface area contributed by atoms with Crippen LogP contribution in [0.15, 0.2) is 18.2 Å². The van der Waals surface area contributed by atoms with Gasteiger partial charge in [0.15, 0.2) is 0 Å². The molecule has 1 aromatic carbocycles. The molecule has 0 saturated heterocycles. The molecule has 1 atom stereocenters. The van der Waals surface area contributed by atoms with Crippen LogP contribution in [0.5, 0.6) is 11.5 Å². The minimum atomic E-state index is -0.956. The minimum Gasteiger partial charge on any atom is -0.497 e. The van der Waals surface area contributed by atoms with E-state index >= 15 is 0 Å². The molecule has 1 aromatic rings. The van der Waals surface area contributed by atoms with Gasteiger partial charge in [0.2, 0.25) is 0 Å². The van der Waals surface area contributed by atoms with Crippen LogP contribution in [-0.4, -0.2) is 33.3 Å². The zero-order chi connectivity index (χ0) is 15.2. The maximum atomic E-state index is 12.3. The van der Waals surface area contributed by atoms with Crippen molar-refractivity contribution in [3.8, 4) is 11.5 Å².